The van der Waals surface area contributed by atoms with Crippen LogP contribution in [-0.4, -0.2) is 17.1 Å². The highest BCUT2D eigenvalue weighted by Gasteiger charge is 2.09. The Hall–Kier alpha value is -1.75. The van der Waals surface area contributed by atoms with Gasteiger partial charge in [0.25, 0.3) is 5.69 Å². The summed E-state index contributed by atoms with van der Waals surface area (Å²) in [4.78, 5) is 5.36. The normalized spacial score (nSPS) is 11.7. The van der Waals surface area contributed by atoms with E-state index in [0.29, 0.717) is 16.5 Å². The van der Waals surface area contributed by atoms with Crippen LogP contribution >= 0.6 is 11.8 Å². The van der Waals surface area contributed by atoms with E-state index in [9.17, 15) is 5.21 Å². The predicted octanol–water partition coefficient (Wildman–Crippen LogP) is 3.69. The van der Waals surface area contributed by atoms with Crippen molar-refractivity contribution in [2.75, 3.05) is 12.2 Å². The van der Waals surface area contributed by atoms with Crippen LogP contribution in [0.3, 0.4) is 0 Å². The zero-order valence-corrected chi connectivity index (χ0v) is 10.2. The lowest BCUT2D eigenvalue weighted by Gasteiger charge is -2.02. The molecule has 4 nitrogen and oxygen atoms in total. The number of hydrogen-bond donors (Lipinski definition) is 0. The van der Waals surface area contributed by atoms with Crippen LogP contribution in [0.15, 0.2) is 47.7 Å². The summed E-state index contributed by atoms with van der Waals surface area (Å²) >= 11 is 1.46. The summed E-state index contributed by atoms with van der Waals surface area (Å²) in [5.74, 6) is 0.365. The number of benzene rings is 2. The molecule has 17 heavy (non-hydrogen) atoms. The molecule has 0 atom stereocenters. The van der Waals surface area contributed by atoms with Crippen molar-refractivity contribution in [2.45, 2.75) is 0 Å². The lowest BCUT2D eigenvalue weighted by atomic mass is 10.1. The van der Waals surface area contributed by atoms with Gasteiger partial charge in [-0.3, -0.25) is 0 Å². The third-order valence-electron chi connectivity index (χ3n) is 2.28. The molecule has 0 saturated heterocycles. The van der Waals surface area contributed by atoms with Crippen LogP contribution in [-0.2, 0) is 4.84 Å². The molecule has 0 aliphatic carbocycles. The molecule has 88 valence electrons. The molecule has 2 rings (SSSR count). The molecule has 0 aliphatic rings. The number of hydrogen-bond acceptors (Lipinski definition) is 4. The Balaban J connectivity index is 2.38. The Morgan fingerprint density at radius 3 is 2.82 bits per heavy atom. The fourth-order valence-corrected chi connectivity index (χ4v) is 1.70. The number of rotatable bonds is 4. The first kappa shape index (κ1) is 11.7. The summed E-state index contributed by atoms with van der Waals surface area (Å²) in [6.07, 6.45) is 1.88. The van der Waals surface area contributed by atoms with E-state index >= 15 is 0 Å². The zero-order chi connectivity index (χ0) is 12.1. The molecule has 0 aromatic heterocycles. The van der Waals surface area contributed by atoms with Crippen LogP contribution in [0.4, 0.5) is 5.69 Å². The number of thioether (sulfide) groups is 1. The fraction of sp³-hybridized carbons (Fsp3) is 0.167. The minimum absolute atomic E-state index is 0.365. The smallest absolute Gasteiger partial charge is 0.256 e. The van der Waals surface area contributed by atoms with E-state index in [-0.39, 0.29) is 0 Å². The second-order valence-corrected chi connectivity index (χ2v) is 4.20. The van der Waals surface area contributed by atoms with Gasteiger partial charge in [0.05, 0.1) is 5.39 Å². The van der Waals surface area contributed by atoms with Crippen LogP contribution in [0.2, 0.25) is 0 Å². The molecule has 0 fully saturated rings. The average Bonchev–Trinajstić information content (AvgIpc) is 2.38. The summed E-state index contributed by atoms with van der Waals surface area (Å²) in [7, 11) is 0. The van der Waals surface area contributed by atoms with E-state index in [1.165, 1.54) is 11.8 Å². The maximum absolute atomic E-state index is 11.7. The fourth-order valence-electron chi connectivity index (χ4n) is 1.55. The average molecular weight is 248 g/mol. The minimum atomic E-state index is 0.365. The monoisotopic (exact) mass is 248 g/mol. The van der Waals surface area contributed by atoms with Crippen LogP contribution in [0.25, 0.3) is 10.8 Å². The maximum Gasteiger partial charge on any atom is 0.256 e. The van der Waals surface area contributed by atoms with Crippen molar-refractivity contribution in [3.05, 3.63) is 47.7 Å². The Bertz CT molecular complexity index is 538. The summed E-state index contributed by atoms with van der Waals surface area (Å²) in [6, 6.07) is 13.2. The molecule has 0 aliphatic heterocycles. The Morgan fingerprint density at radius 2 is 2.00 bits per heavy atom. The van der Waals surface area contributed by atoms with Gasteiger partial charge in [0, 0.05) is 6.07 Å². The van der Waals surface area contributed by atoms with Crippen molar-refractivity contribution in [2.24, 2.45) is 5.28 Å². The molecule has 0 saturated carbocycles. The van der Waals surface area contributed by atoms with E-state index < -0.39 is 0 Å². The van der Waals surface area contributed by atoms with Gasteiger partial charge < -0.3 is 10.0 Å². The molecular formula is C12H12N2O2S. The molecule has 2 aromatic carbocycles. The number of nitrogens with zero attached hydrogens (tertiary/aromatic N) is 2. The molecule has 2 aromatic rings. The summed E-state index contributed by atoms with van der Waals surface area (Å²) in [6.45, 7) is 0. The lowest BCUT2D eigenvalue weighted by Crippen LogP contribution is -1.94. The first-order chi connectivity index (χ1) is 8.33. The predicted molar refractivity (Wildman–Crippen MR) is 69.1 cm³/mol. The molecule has 0 spiro atoms. The third-order valence-corrected chi connectivity index (χ3v) is 2.62. The van der Waals surface area contributed by atoms with Gasteiger partial charge in [0.15, 0.2) is 5.94 Å². The van der Waals surface area contributed by atoms with Crippen LogP contribution in [0, 0.1) is 5.21 Å². The molecule has 0 bridgehead atoms. The quantitative estimate of drug-likeness (QED) is 0.272. The summed E-state index contributed by atoms with van der Waals surface area (Å²) in [5.41, 5.74) is 0.490. The third kappa shape index (κ3) is 2.68. The highest BCUT2D eigenvalue weighted by atomic mass is 32.2. The second kappa shape index (κ2) is 5.54. The second-order valence-electron chi connectivity index (χ2n) is 3.39. The van der Waals surface area contributed by atoms with Crippen molar-refractivity contribution in [3.63, 3.8) is 0 Å². The zero-order valence-electron chi connectivity index (χ0n) is 9.37. The van der Waals surface area contributed by atoms with Crippen molar-refractivity contribution < 1.29 is 9.70 Å². The van der Waals surface area contributed by atoms with E-state index in [1.54, 1.807) is 6.07 Å². The lowest BCUT2D eigenvalue weighted by molar-refractivity contribution is -0.475. The van der Waals surface area contributed by atoms with Crippen LogP contribution in [0.5, 0.6) is 0 Å². The minimum Gasteiger partial charge on any atom is -0.592 e. The summed E-state index contributed by atoms with van der Waals surface area (Å²) in [5, 5.41) is 17.1. The highest BCUT2D eigenvalue weighted by molar-refractivity contribution is 7.98. The SMILES string of the molecule is CSCO/N=[N+](\[O-])c1cccc2ccccc12. The van der Waals surface area contributed by atoms with Crippen LogP contribution in [0.1, 0.15) is 0 Å². The molecule has 5 heteroatoms. The van der Waals surface area contributed by atoms with Gasteiger partial charge in [-0.15, -0.1) is 11.8 Å². The van der Waals surface area contributed by atoms with E-state index in [0.717, 1.165) is 10.8 Å². The molecular weight excluding hydrogens is 236 g/mol. The molecule has 0 amide bonds. The maximum atomic E-state index is 11.7. The van der Waals surface area contributed by atoms with Gasteiger partial charge in [-0.2, -0.15) is 0 Å². The van der Waals surface area contributed by atoms with Crippen molar-refractivity contribution >= 4 is 28.2 Å². The van der Waals surface area contributed by atoms with E-state index in [2.05, 4.69) is 5.28 Å². The summed E-state index contributed by atoms with van der Waals surface area (Å²) < 4.78 is 0. The largest absolute Gasteiger partial charge is 0.592 e. The van der Waals surface area contributed by atoms with Gasteiger partial charge in [0.1, 0.15) is 0 Å². The van der Waals surface area contributed by atoms with Gasteiger partial charge in [-0.1, -0.05) is 30.3 Å². The van der Waals surface area contributed by atoms with Crippen molar-refractivity contribution in [3.8, 4) is 0 Å². The van der Waals surface area contributed by atoms with Gasteiger partial charge in [-0.05, 0) is 22.6 Å². The molecule has 0 N–H and O–H groups in total. The molecule has 0 heterocycles. The number of fused-ring (bicyclic) bond motifs is 1. The first-order valence-corrected chi connectivity index (χ1v) is 6.49. The van der Waals surface area contributed by atoms with Crippen molar-refractivity contribution in [1.29, 1.82) is 0 Å². The standard InChI is InChI=1S/C12H12N2O2S/c1-17-9-16-13-14(15)12-8-4-6-10-5-2-3-7-11(10)12/h2-8H,9H2,1H3/b14-13-. The Kier molecular flexibility index (Phi) is 3.82. The highest BCUT2D eigenvalue weighted by Crippen LogP contribution is 2.25. The van der Waals surface area contributed by atoms with Gasteiger partial charge in [-0.25, -0.2) is 0 Å². The van der Waals surface area contributed by atoms with E-state index in [1.807, 2.05) is 42.7 Å². The van der Waals surface area contributed by atoms with Crippen LogP contribution < -0.4 is 0 Å². The molecule has 0 unspecified atom stereocenters. The van der Waals surface area contributed by atoms with E-state index in [4.69, 9.17) is 4.84 Å². The Labute approximate surface area is 103 Å². The molecule has 0 radical (unpaired) electrons. The van der Waals surface area contributed by atoms with Crippen molar-refractivity contribution in [1.82, 2.24) is 0 Å². The van der Waals surface area contributed by atoms with Gasteiger partial charge in [0.2, 0.25) is 5.28 Å². The topological polar surface area (TPSA) is 47.7 Å². The van der Waals surface area contributed by atoms with Gasteiger partial charge >= 0.3 is 0 Å². The first-order valence-electron chi connectivity index (χ1n) is 5.10. The Morgan fingerprint density at radius 1 is 1.24 bits per heavy atom.